The van der Waals surface area contributed by atoms with Crippen molar-refractivity contribution in [2.45, 2.75) is 5.41 Å². The Morgan fingerprint density at radius 2 is 0.931 bits per heavy atom. The minimum Gasteiger partial charge on any atom is -0.310 e. The molecule has 0 aromatic heterocycles. The molecule has 1 heterocycles. The molecule has 5 heteroatoms. The predicted octanol–water partition coefficient (Wildman–Crippen LogP) is 11.5. The van der Waals surface area contributed by atoms with Gasteiger partial charge in [-0.2, -0.15) is 0 Å². The van der Waals surface area contributed by atoms with E-state index in [1.807, 2.05) is 91.0 Å². The van der Waals surface area contributed by atoms with Gasteiger partial charge in [0, 0.05) is 38.3 Å². The highest BCUT2D eigenvalue weighted by Gasteiger charge is 2.53. The molecule has 0 radical (unpaired) electrons. The summed E-state index contributed by atoms with van der Waals surface area (Å²) in [5.74, 6) is 0.539. The molecule has 0 N–H and O–H groups in total. The molecule has 0 atom stereocenters. The van der Waals surface area contributed by atoms with Crippen molar-refractivity contribution in [3.8, 4) is 0 Å². The van der Waals surface area contributed by atoms with Crippen molar-refractivity contribution in [2.75, 3.05) is 4.90 Å². The predicted molar refractivity (Wildman–Crippen MR) is 243 cm³/mol. The number of hydrogen-bond acceptors (Lipinski definition) is 3. The number of anilines is 3. The summed E-state index contributed by atoms with van der Waals surface area (Å²) in [5.41, 5.74) is 10.6. The van der Waals surface area contributed by atoms with Gasteiger partial charge < -0.3 is 9.46 Å². The van der Waals surface area contributed by atoms with E-state index in [2.05, 4.69) is 144 Å². The van der Waals surface area contributed by atoms with E-state index >= 15 is 4.57 Å². The van der Waals surface area contributed by atoms with E-state index in [9.17, 15) is 0 Å². The van der Waals surface area contributed by atoms with Crippen LogP contribution in [0.2, 0.25) is 0 Å². The Morgan fingerprint density at radius 1 is 0.483 bits per heavy atom. The summed E-state index contributed by atoms with van der Waals surface area (Å²) in [7, 11) is -3.23. The smallest absolute Gasteiger partial charge is 0.171 e. The number of allylic oxidation sites excluding steroid dienone is 1. The second-order valence-electron chi connectivity index (χ2n) is 14.5. The lowest BCUT2D eigenvalue weighted by atomic mass is 9.62. The lowest BCUT2D eigenvalue weighted by molar-refractivity contribution is 0.592. The largest absolute Gasteiger partial charge is 0.310 e. The molecular formula is C53H38N3OP. The number of amidine groups is 1. The molecule has 10 rings (SSSR count). The van der Waals surface area contributed by atoms with Gasteiger partial charge in [0.2, 0.25) is 0 Å². The second kappa shape index (κ2) is 14.4. The Kier molecular flexibility index (Phi) is 8.78. The highest BCUT2D eigenvalue weighted by Crippen LogP contribution is 2.65. The van der Waals surface area contributed by atoms with E-state index in [-0.39, 0.29) is 0 Å². The topological polar surface area (TPSA) is 45.0 Å². The summed E-state index contributed by atoms with van der Waals surface area (Å²) >= 11 is 0. The summed E-state index contributed by atoms with van der Waals surface area (Å²) in [6.07, 6.45) is 0. The molecular weight excluding hydrogens is 726 g/mol. The quantitative estimate of drug-likeness (QED) is 0.0922. The van der Waals surface area contributed by atoms with Crippen molar-refractivity contribution < 1.29 is 4.57 Å². The summed E-state index contributed by atoms with van der Waals surface area (Å²) in [5, 5.41) is 2.36. The number of rotatable bonds is 7. The maximum atomic E-state index is 15.6. The van der Waals surface area contributed by atoms with E-state index in [0.717, 1.165) is 77.6 Å². The molecule has 0 unspecified atom stereocenters. The van der Waals surface area contributed by atoms with Crippen LogP contribution in [0.3, 0.4) is 0 Å². The van der Waals surface area contributed by atoms with Crippen LogP contribution in [-0.2, 0) is 9.98 Å². The van der Waals surface area contributed by atoms with E-state index in [4.69, 9.17) is 4.99 Å². The van der Waals surface area contributed by atoms with Crippen LogP contribution in [0, 0.1) is 0 Å². The molecule has 0 saturated heterocycles. The van der Waals surface area contributed by atoms with Crippen molar-refractivity contribution >= 4 is 63.9 Å². The van der Waals surface area contributed by atoms with Gasteiger partial charge in [-0.05, 0) is 53.2 Å². The zero-order valence-electron chi connectivity index (χ0n) is 31.7. The Balaban J connectivity index is 1.30. The van der Waals surface area contributed by atoms with Gasteiger partial charge in [-0.25, -0.2) is 9.98 Å². The van der Waals surface area contributed by atoms with Crippen LogP contribution in [0.25, 0.3) is 11.3 Å². The normalized spacial score (nSPS) is 14.1. The fraction of sp³-hybridized carbons (Fsp3) is 0.0189. The van der Waals surface area contributed by atoms with Crippen LogP contribution in [0.15, 0.2) is 228 Å². The SMILES string of the molecule is C=NC(=NC1=C(c2ccc(P(=O)(c3ccccc3)c3ccccc3)cc2)C2(c3ccccc31)c1ccccc1N(c1ccccc1)c1ccccc12)c1ccccc1. The maximum Gasteiger partial charge on any atom is 0.171 e. The Morgan fingerprint density at radius 3 is 1.48 bits per heavy atom. The molecule has 58 heavy (non-hydrogen) atoms. The van der Waals surface area contributed by atoms with Crippen molar-refractivity contribution in [3.05, 3.63) is 252 Å². The van der Waals surface area contributed by atoms with Crippen LogP contribution in [0.4, 0.5) is 17.1 Å². The lowest BCUT2D eigenvalue weighted by Gasteiger charge is -2.46. The average molecular weight is 764 g/mol. The first-order valence-electron chi connectivity index (χ1n) is 19.5. The van der Waals surface area contributed by atoms with E-state index < -0.39 is 12.6 Å². The molecule has 1 spiro atoms. The average Bonchev–Trinajstić information content (AvgIpc) is 3.59. The zero-order valence-corrected chi connectivity index (χ0v) is 32.6. The molecule has 2 aliphatic rings. The number of hydrogen-bond donors (Lipinski definition) is 0. The molecule has 4 nitrogen and oxygen atoms in total. The summed E-state index contributed by atoms with van der Waals surface area (Å²) in [4.78, 5) is 12.4. The minimum absolute atomic E-state index is 0.539. The van der Waals surface area contributed by atoms with Gasteiger partial charge in [-0.3, -0.25) is 0 Å². The lowest BCUT2D eigenvalue weighted by Crippen LogP contribution is -2.36. The number of nitrogens with zero attached hydrogens (tertiary/aromatic N) is 3. The highest BCUT2D eigenvalue weighted by molar-refractivity contribution is 7.85. The van der Waals surface area contributed by atoms with Crippen LogP contribution < -0.4 is 20.8 Å². The van der Waals surface area contributed by atoms with Crippen LogP contribution in [0.1, 0.15) is 33.4 Å². The van der Waals surface area contributed by atoms with Gasteiger partial charge in [0.15, 0.2) is 13.0 Å². The van der Waals surface area contributed by atoms with E-state index in [0.29, 0.717) is 5.84 Å². The maximum absolute atomic E-state index is 15.6. The first-order chi connectivity index (χ1) is 28.6. The monoisotopic (exact) mass is 763 g/mol. The number of aliphatic imine (C=N–C) groups is 2. The number of fused-ring (bicyclic) bond motifs is 6. The second-order valence-corrected chi connectivity index (χ2v) is 17.3. The zero-order chi connectivity index (χ0) is 39.1. The van der Waals surface area contributed by atoms with Crippen LogP contribution >= 0.6 is 7.14 Å². The molecule has 1 aliphatic carbocycles. The molecule has 276 valence electrons. The highest BCUT2D eigenvalue weighted by atomic mass is 31.2. The molecule has 0 amide bonds. The van der Waals surface area contributed by atoms with Gasteiger partial charge in [0.05, 0.1) is 22.5 Å². The van der Waals surface area contributed by atoms with E-state index in [1.54, 1.807) is 0 Å². The molecule has 1 aliphatic heterocycles. The Labute approximate surface area is 339 Å². The first-order valence-corrected chi connectivity index (χ1v) is 21.2. The fourth-order valence-corrected chi connectivity index (χ4v) is 11.7. The fourth-order valence-electron chi connectivity index (χ4n) is 9.04. The van der Waals surface area contributed by atoms with Crippen molar-refractivity contribution in [2.24, 2.45) is 9.98 Å². The van der Waals surface area contributed by atoms with Crippen molar-refractivity contribution in [1.82, 2.24) is 0 Å². The summed E-state index contributed by atoms with van der Waals surface area (Å²) in [6, 6.07) is 74.8. The van der Waals surface area contributed by atoms with Gasteiger partial charge in [-0.15, -0.1) is 0 Å². The van der Waals surface area contributed by atoms with Crippen molar-refractivity contribution in [1.29, 1.82) is 0 Å². The van der Waals surface area contributed by atoms with Crippen LogP contribution in [0.5, 0.6) is 0 Å². The summed E-state index contributed by atoms with van der Waals surface area (Å²) < 4.78 is 15.6. The standard InChI is InChI=1S/C53H38N3OP/c1-54-52(39-20-6-2-7-21-39)55-51-44-28-14-15-29-45(44)53(46-30-16-18-32-48(46)56(40-22-8-3-9-23-40)49-33-19-17-31-47(49)53)50(51)38-34-36-43(37-35-38)58(57,41-24-10-4-11-25-41)42-26-12-5-13-27-42/h2-37H,1H2. The van der Waals surface area contributed by atoms with Gasteiger partial charge in [0.25, 0.3) is 0 Å². The first kappa shape index (κ1) is 35.3. The number of para-hydroxylation sites is 3. The molecule has 0 bridgehead atoms. The Bertz CT molecular complexity index is 2830. The van der Waals surface area contributed by atoms with Gasteiger partial charge in [-0.1, -0.05) is 194 Å². The van der Waals surface area contributed by atoms with Gasteiger partial charge >= 0.3 is 0 Å². The third-order valence-corrected chi connectivity index (χ3v) is 14.5. The summed E-state index contributed by atoms with van der Waals surface area (Å²) in [6.45, 7) is 4.01. The molecule has 8 aromatic rings. The molecule has 0 saturated carbocycles. The third kappa shape index (κ3) is 5.41. The van der Waals surface area contributed by atoms with Crippen molar-refractivity contribution in [3.63, 3.8) is 0 Å². The van der Waals surface area contributed by atoms with Crippen LogP contribution in [-0.4, -0.2) is 12.6 Å². The molecule has 8 aromatic carbocycles. The number of benzene rings is 8. The van der Waals surface area contributed by atoms with E-state index in [1.165, 1.54) is 0 Å². The minimum atomic E-state index is -3.23. The van der Waals surface area contributed by atoms with Gasteiger partial charge in [0.1, 0.15) is 0 Å². The molecule has 0 fully saturated rings. The Hall–Kier alpha value is -7.13. The third-order valence-electron chi connectivity index (χ3n) is 11.5.